The number of anilines is 1. The van der Waals surface area contributed by atoms with Crippen molar-refractivity contribution >= 4 is 34.4 Å². The summed E-state index contributed by atoms with van der Waals surface area (Å²) in [6.45, 7) is 6.50. The number of urea groups is 1. The minimum Gasteiger partial charge on any atom is -0.457 e. The van der Waals surface area contributed by atoms with Crippen LogP contribution in [0.4, 0.5) is 10.5 Å². The van der Waals surface area contributed by atoms with Gasteiger partial charge in [-0.3, -0.25) is 9.58 Å². The number of pyridine rings is 1. The van der Waals surface area contributed by atoms with E-state index in [1.807, 2.05) is 61.3 Å². The minimum atomic E-state index is -0.0572. The van der Waals surface area contributed by atoms with Crippen LogP contribution in [0.25, 0.3) is 11.0 Å². The molecule has 8 nitrogen and oxygen atoms in total. The Bertz CT molecular complexity index is 1470. The van der Waals surface area contributed by atoms with Crippen LogP contribution in [-0.4, -0.2) is 56.8 Å². The van der Waals surface area contributed by atoms with Gasteiger partial charge in [-0.05, 0) is 80.9 Å². The highest BCUT2D eigenvalue weighted by atomic mass is 35.5. The Hall–Kier alpha value is -3.62. The molecule has 0 bridgehead atoms. The normalized spacial score (nSPS) is 17.0. The molecule has 2 aliphatic rings. The molecule has 4 heterocycles. The van der Waals surface area contributed by atoms with E-state index < -0.39 is 0 Å². The Morgan fingerprint density at radius 3 is 2.61 bits per heavy atom. The highest BCUT2D eigenvalue weighted by Gasteiger charge is 2.46. The number of benzene rings is 2. The SMILES string of the molecule is Cc1nn(C)c2ncc(NC(=O)N3CC4(CCN(Cc5cccc(Oc6ccc(Cl)cc6)c5)CC4)C3)cc12. The van der Waals surface area contributed by atoms with Crippen molar-refractivity contribution in [2.75, 3.05) is 31.5 Å². The fourth-order valence-electron chi connectivity index (χ4n) is 5.59. The van der Waals surface area contributed by atoms with E-state index >= 15 is 0 Å². The number of carbonyl (C=O) groups is 1. The number of hydrogen-bond acceptors (Lipinski definition) is 5. The first-order valence-electron chi connectivity index (χ1n) is 13.0. The maximum absolute atomic E-state index is 12.9. The molecule has 0 unspecified atom stereocenters. The number of likely N-dealkylation sites (tertiary alicyclic amines) is 2. The van der Waals surface area contributed by atoms with Gasteiger partial charge in [-0.25, -0.2) is 9.78 Å². The van der Waals surface area contributed by atoms with Gasteiger partial charge in [-0.1, -0.05) is 23.7 Å². The van der Waals surface area contributed by atoms with Crippen LogP contribution in [0.2, 0.25) is 5.02 Å². The molecule has 2 aromatic heterocycles. The largest absolute Gasteiger partial charge is 0.457 e. The van der Waals surface area contributed by atoms with Crippen LogP contribution >= 0.6 is 11.6 Å². The van der Waals surface area contributed by atoms with E-state index in [1.165, 1.54) is 5.56 Å². The van der Waals surface area contributed by atoms with Crippen molar-refractivity contribution in [1.82, 2.24) is 24.6 Å². The first-order valence-corrected chi connectivity index (χ1v) is 13.3. The van der Waals surface area contributed by atoms with Gasteiger partial charge in [0.2, 0.25) is 0 Å². The van der Waals surface area contributed by atoms with Gasteiger partial charge >= 0.3 is 6.03 Å². The summed E-state index contributed by atoms with van der Waals surface area (Å²) in [7, 11) is 1.87. The number of nitrogens with zero attached hydrogens (tertiary/aromatic N) is 5. The summed E-state index contributed by atoms with van der Waals surface area (Å²) in [5.41, 5.74) is 3.89. The predicted octanol–water partition coefficient (Wildman–Crippen LogP) is 5.85. The van der Waals surface area contributed by atoms with E-state index in [0.29, 0.717) is 10.7 Å². The van der Waals surface area contributed by atoms with Crippen LogP contribution in [0.15, 0.2) is 60.8 Å². The van der Waals surface area contributed by atoms with Crippen molar-refractivity contribution in [3.8, 4) is 11.5 Å². The van der Waals surface area contributed by atoms with E-state index in [2.05, 4.69) is 32.4 Å². The standard InChI is InChI=1S/C29H31ClN6O2/c1-20-26-15-23(16-31-27(26)34(2)33-20)32-28(37)36-18-29(19-36)10-12-35(13-11-29)17-21-4-3-5-25(14-21)38-24-8-6-22(30)7-9-24/h3-9,14-16H,10-13,17-19H2,1-2H3,(H,32,37). The molecule has 0 radical (unpaired) electrons. The van der Waals surface area contributed by atoms with E-state index in [1.54, 1.807) is 10.9 Å². The molecule has 0 atom stereocenters. The minimum absolute atomic E-state index is 0.0572. The van der Waals surface area contributed by atoms with Crippen LogP contribution in [0.5, 0.6) is 11.5 Å². The number of carbonyl (C=O) groups excluding carboxylic acids is 1. The molecule has 0 aliphatic carbocycles. The fourth-order valence-corrected chi connectivity index (χ4v) is 5.72. The average Bonchev–Trinajstić information content (AvgIpc) is 3.17. The van der Waals surface area contributed by atoms with Crippen molar-refractivity contribution in [2.45, 2.75) is 26.3 Å². The van der Waals surface area contributed by atoms with Crippen molar-refractivity contribution in [3.05, 3.63) is 77.1 Å². The lowest BCUT2D eigenvalue weighted by Gasteiger charge is -2.53. The smallest absolute Gasteiger partial charge is 0.321 e. The number of fused-ring (bicyclic) bond motifs is 1. The highest BCUT2D eigenvalue weighted by molar-refractivity contribution is 6.30. The molecule has 2 aliphatic heterocycles. The summed E-state index contributed by atoms with van der Waals surface area (Å²) in [5, 5.41) is 9.07. The van der Waals surface area contributed by atoms with Crippen LogP contribution in [0.1, 0.15) is 24.1 Å². The quantitative estimate of drug-likeness (QED) is 0.350. The Labute approximate surface area is 227 Å². The lowest BCUT2D eigenvalue weighted by atomic mass is 9.72. The Balaban J connectivity index is 0.992. The van der Waals surface area contributed by atoms with Crippen molar-refractivity contribution in [1.29, 1.82) is 0 Å². The van der Waals surface area contributed by atoms with E-state index in [9.17, 15) is 4.79 Å². The number of aryl methyl sites for hydroxylation is 2. The lowest BCUT2D eigenvalue weighted by molar-refractivity contribution is -0.0200. The molecule has 4 aromatic rings. The van der Waals surface area contributed by atoms with Gasteiger partial charge in [0.25, 0.3) is 0 Å². The number of piperidine rings is 1. The van der Waals surface area contributed by atoms with Crippen LogP contribution in [0.3, 0.4) is 0 Å². The summed E-state index contributed by atoms with van der Waals surface area (Å²) >= 11 is 5.97. The van der Waals surface area contributed by atoms with Gasteiger partial charge in [0.1, 0.15) is 11.5 Å². The third-order valence-electron chi connectivity index (χ3n) is 7.72. The molecule has 9 heteroatoms. The molecule has 2 amide bonds. The Kier molecular flexibility index (Phi) is 6.45. The summed E-state index contributed by atoms with van der Waals surface area (Å²) in [4.78, 5) is 21.7. The molecule has 196 valence electrons. The second-order valence-corrected chi connectivity index (χ2v) is 11.0. The third-order valence-corrected chi connectivity index (χ3v) is 7.98. The number of halogens is 1. The van der Waals surface area contributed by atoms with Crippen LogP contribution in [-0.2, 0) is 13.6 Å². The van der Waals surface area contributed by atoms with Crippen LogP contribution < -0.4 is 10.1 Å². The zero-order valence-electron chi connectivity index (χ0n) is 21.7. The number of aromatic nitrogens is 3. The predicted molar refractivity (Wildman–Crippen MR) is 149 cm³/mol. The summed E-state index contributed by atoms with van der Waals surface area (Å²) < 4.78 is 7.76. The molecule has 6 rings (SSSR count). The Morgan fingerprint density at radius 2 is 1.84 bits per heavy atom. The van der Waals surface area contributed by atoms with Gasteiger partial charge in [0.15, 0.2) is 5.65 Å². The third kappa shape index (κ3) is 5.06. The number of hydrogen-bond donors (Lipinski definition) is 1. The zero-order valence-corrected chi connectivity index (χ0v) is 22.4. The summed E-state index contributed by atoms with van der Waals surface area (Å²) in [6.07, 6.45) is 3.89. The van der Waals surface area contributed by atoms with Gasteiger partial charge in [-0.15, -0.1) is 0 Å². The van der Waals surface area contributed by atoms with Crippen molar-refractivity contribution in [3.63, 3.8) is 0 Å². The van der Waals surface area contributed by atoms with Gasteiger partial charge in [0.05, 0.1) is 17.6 Å². The molecular weight excluding hydrogens is 500 g/mol. The second kappa shape index (κ2) is 9.93. The van der Waals surface area contributed by atoms with Gasteiger partial charge in [-0.2, -0.15) is 5.10 Å². The summed E-state index contributed by atoms with van der Waals surface area (Å²) in [6, 6.07) is 17.6. The average molecular weight is 531 g/mol. The number of amides is 2. The van der Waals surface area contributed by atoms with Gasteiger partial charge < -0.3 is 15.0 Å². The molecule has 2 saturated heterocycles. The number of nitrogens with one attached hydrogen (secondary N) is 1. The molecule has 38 heavy (non-hydrogen) atoms. The Morgan fingerprint density at radius 1 is 1.08 bits per heavy atom. The lowest BCUT2D eigenvalue weighted by Crippen LogP contribution is -2.62. The molecule has 0 saturated carbocycles. The fraction of sp³-hybridized carbons (Fsp3) is 0.345. The molecular formula is C29H31ClN6O2. The van der Waals surface area contributed by atoms with Crippen LogP contribution in [0, 0.1) is 12.3 Å². The number of ether oxygens (including phenoxy) is 1. The maximum atomic E-state index is 12.9. The van der Waals surface area contributed by atoms with E-state index in [-0.39, 0.29) is 11.4 Å². The highest BCUT2D eigenvalue weighted by Crippen LogP contribution is 2.41. The first-order chi connectivity index (χ1) is 18.4. The summed E-state index contributed by atoms with van der Waals surface area (Å²) in [5.74, 6) is 1.60. The maximum Gasteiger partial charge on any atom is 0.321 e. The monoisotopic (exact) mass is 530 g/mol. The molecule has 2 aromatic carbocycles. The van der Waals surface area contributed by atoms with Crippen molar-refractivity contribution < 1.29 is 9.53 Å². The molecule has 2 fully saturated rings. The van der Waals surface area contributed by atoms with Crippen molar-refractivity contribution in [2.24, 2.45) is 12.5 Å². The topological polar surface area (TPSA) is 75.5 Å². The van der Waals surface area contributed by atoms with E-state index in [4.69, 9.17) is 16.3 Å². The molecule has 1 spiro atoms. The van der Waals surface area contributed by atoms with Gasteiger partial charge in [0, 0.05) is 42.5 Å². The number of rotatable bonds is 5. The first kappa shape index (κ1) is 24.7. The zero-order chi connectivity index (χ0) is 26.3. The second-order valence-electron chi connectivity index (χ2n) is 10.6. The van der Waals surface area contributed by atoms with E-state index in [0.717, 1.165) is 73.8 Å². The molecule has 1 N–H and O–H groups in total.